The minimum absolute atomic E-state index is 0.585. The standard InChI is InChI=1S/C14H15NO2S/c1-11-8-9-13(15-18(2,16)17)10-14(11)12-6-4-3-5-7-12/h3-10,15H,1-2H3. The Hall–Kier alpha value is -1.81. The maximum absolute atomic E-state index is 11.2. The van der Waals surface area contributed by atoms with E-state index in [-0.39, 0.29) is 0 Å². The predicted molar refractivity (Wildman–Crippen MR) is 75.1 cm³/mol. The molecule has 0 bridgehead atoms. The largest absolute Gasteiger partial charge is 0.284 e. The second-order valence-electron chi connectivity index (χ2n) is 4.27. The molecule has 0 saturated heterocycles. The molecule has 18 heavy (non-hydrogen) atoms. The fourth-order valence-corrected chi connectivity index (χ4v) is 2.38. The van der Waals surface area contributed by atoms with Crippen molar-refractivity contribution in [1.29, 1.82) is 0 Å². The van der Waals surface area contributed by atoms with E-state index in [0.29, 0.717) is 5.69 Å². The summed E-state index contributed by atoms with van der Waals surface area (Å²) in [5, 5.41) is 0. The van der Waals surface area contributed by atoms with E-state index in [1.807, 2.05) is 49.4 Å². The van der Waals surface area contributed by atoms with E-state index in [1.165, 1.54) is 0 Å². The van der Waals surface area contributed by atoms with Crippen LogP contribution in [-0.2, 0) is 10.0 Å². The summed E-state index contributed by atoms with van der Waals surface area (Å²) < 4.78 is 24.9. The Labute approximate surface area is 108 Å². The molecule has 0 fully saturated rings. The van der Waals surface area contributed by atoms with Gasteiger partial charge in [0.2, 0.25) is 10.0 Å². The minimum atomic E-state index is -3.24. The molecule has 0 aliphatic heterocycles. The quantitative estimate of drug-likeness (QED) is 0.923. The Bertz CT molecular complexity index is 649. The Kier molecular flexibility index (Phi) is 3.39. The molecule has 1 N–H and O–H groups in total. The van der Waals surface area contributed by atoms with Crippen LogP contribution in [0.4, 0.5) is 5.69 Å². The van der Waals surface area contributed by atoms with Crippen molar-refractivity contribution < 1.29 is 8.42 Å². The number of aryl methyl sites for hydroxylation is 1. The molecule has 0 atom stereocenters. The lowest BCUT2D eigenvalue weighted by molar-refractivity contribution is 0.607. The van der Waals surface area contributed by atoms with E-state index in [9.17, 15) is 8.42 Å². The lowest BCUT2D eigenvalue weighted by Crippen LogP contribution is -2.09. The third-order valence-corrected chi connectivity index (χ3v) is 3.23. The summed E-state index contributed by atoms with van der Waals surface area (Å²) in [4.78, 5) is 0. The average Bonchev–Trinajstić information content (AvgIpc) is 2.31. The molecule has 0 heterocycles. The van der Waals surface area contributed by atoms with E-state index in [1.54, 1.807) is 6.07 Å². The third-order valence-electron chi connectivity index (χ3n) is 2.63. The number of benzene rings is 2. The first kappa shape index (κ1) is 12.6. The van der Waals surface area contributed by atoms with Crippen molar-refractivity contribution >= 4 is 15.7 Å². The van der Waals surface area contributed by atoms with Crippen LogP contribution in [0.15, 0.2) is 48.5 Å². The summed E-state index contributed by atoms with van der Waals surface area (Å²) in [6.07, 6.45) is 1.15. The highest BCUT2D eigenvalue weighted by Crippen LogP contribution is 2.26. The molecule has 0 spiro atoms. The normalized spacial score (nSPS) is 11.2. The van der Waals surface area contributed by atoms with E-state index in [2.05, 4.69) is 4.72 Å². The van der Waals surface area contributed by atoms with Crippen LogP contribution in [0, 0.1) is 6.92 Å². The van der Waals surface area contributed by atoms with Crippen molar-refractivity contribution in [3.63, 3.8) is 0 Å². The Morgan fingerprint density at radius 3 is 2.28 bits per heavy atom. The summed E-state index contributed by atoms with van der Waals surface area (Å²) in [5.74, 6) is 0. The van der Waals surface area contributed by atoms with Crippen LogP contribution in [-0.4, -0.2) is 14.7 Å². The van der Waals surface area contributed by atoms with E-state index in [4.69, 9.17) is 0 Å². The number of rotatable bonds is 3. The van der Waals surface area contributed by atoms with Crippen LogP contribution in [0.5, 0.6) is 0 Å². The monoisotopic (exact) mass is 261 g/mol. The van der Waals surface area contributed by atoms with Gasteiger partial charge in [-0.2, -0.15) is 0 Å². The molecule has 0 unspecified atom stereocenters. The number of nitrogens with one attached hydrogen (secondary N) is 1. The molecule has 2 aromatic rings. The molecule has 0 aromatic heterocycles. The molecule has 94 valence electrons. The zero-order chi connectivity index (χ0) is 13.2. The average molecular weight is 261 g/mol. The number of hydrogen-bond acceptors (Lipinski definition) is 2. The van der Waals surface area contributed by atoms with Gasteiger partial charge >= 0.3 is 0 Å². The molecule has 0 aliphatic carbocycles. The fraction of sp³-hybridized carbons (Fsp3) is 0.143. The molecule has 2 rings (SSSR count). The SMILES string of the molecule is Cc1ccc(NS(C)(=O)=O)cc1-c1ccccc1. The van der Waals surface area contributed by atoms with Gasteiger partial charge in [0.15, 0.2) is 0 Å². The maximum atomic E-state index is 11.2. The van der Waals surface area contributed by atoms with Crippen LogP contribution < -0.4 is 4.72 Å². The van der Waals surface area contributed by atoms with Crippen LogP contribution >= 0.6 is 0 Å². The summed E-state index contributed by atoms with van der Waals surface area (Å²) >= 11 is 0. The van der Waals surface area contributed by atoms with Crippen molar-refractivity contribution in [2.45, 2.75) is 6.92 Å². The van der Waals surface area contributed by atoms with Gasteiger partial charge in [-0.25, -0.2) is 8.42 Å². The lowest BCUT2D eigenvalue weighted by atomic mass is 10.0. The highest BCUT2D eigenvalue weighted by atomic mass is 32.2. The molecule has 4 heteroatoms. The molecular formula is C14H15NO2S. The molecule has 0 saturated carbocycles. The third kappa shape index (κ3) is 3.11. The van der Waals surface area contributed by atoms with Crippen LogP contribution in [0.1, 0.15) is 5.56 Å². The van der Waals surface area contributed by atoms with Gasteiger partial charge in [-0.3, -0.25) is 4.72 Å². The van der Waals surface area contributed by atoms with E-state index >= 15 is 0 Å². The van der Waals surface area contributed by atoms with Crippen LogP contribution in [0.25, 0.3) is 11.1 Å². The van der Waals surface area contributed by atoms with Crippen LogP contribution in [0.3, 0.4) is 0 Å². The van der Waals surface area contributed by atoms with Gasteiger partial charge in [-0.05, 0) is 35.7 Å². The van der Waals surface area contributed by atoms with E-state index < -0.39 is 10.0 Å². The van der Waals surface area contributed by atoms with Gasteiger partial charge in [0, 0.05) is 5.69 Å². The van der Waals surface area contributed by atoms with E-state index in [0.717, 1.165) is 22.9 Å². The first-order valence-corrected chi connectivity index (χ1v) is 7.49. The van der Waals surface area contributed by atoms with Gasteiger partial charge in [0.1, 0.15) is 0 Å². The van der Waals surface area contributed by atoms with Gasteiger partial charge in [0.25, 0.3) is 0 Å². The van der Waals surface area contributed by atoms with Crippen molar-refractivity contribution in [2.24, 2.45) is 0 Å². The summed E-state index contributed by atoms with van der Waals surface area (Å²) in [7, 11) is -3.24. The lowest BCUT2D eigenvalue weighted by Gasteiger charge is -2.10. The smallest absolute Gasteiger partial charge is 0.229 e. The predicted octanol–water partition coefficient (Wildman–Crippen LogP) is 3.03. The van der Waals surface area contributed by atoms with Gasteiger partial charge in [-0.15, -0.1) is 0 Å². The van der Waals surface area contributed by atoms with Crippen molar-refractivity contribution in [2.75, 3.05) is 11.0 Å². The number of hydrogen-bond donors (Lipinski definition) is 1. The zero-order valence-electron chi connectivity index (χ0n) is 10.3. The molecule has 0 radical (unpaired) electrons. The fourth-order valence-electron chi connectivity index (χ4n) is 1.83. The van der Waals surface area contributed by atoms with Gasteiger partial charge in [-0.1, -0.05) is 36.4 Å². The molecular weight excluding hydrogens is 246 g/mol. The first-order valence-electron chi connectivity index (χ1n) is 5.59. The Morgan fingerprint density at radius 2 is 1.67 bits per heavy atom. The Balaban J connectivity index is 2.46. The maximum Gasteiger partial charge on any atom is 0.229 e. The number of anilines is 1. The zero-order valence-corrected chi connectivity index (χ0v) is 11.2. The molecule has 3 nitrogen and oxygen atoms in total. The summed E-state index contributed by atoms with van der Waals surface area (Å²) in [6.45, 7) is 2.01. The van der Waals surface area contributed by atoms with Crippen molar-refractivity contribution in [3.8, 4) is 11.1 Å². The van der Waals surface area contributed by atoms with Crippen molar-refractivity contribution in [3.05, 3.63) is 54.1 Å². The highest BCUT2D eigenvalue weighted by Gasteiger charge is 2.06. The second-order valence-corrected chi connectivity index (χ2v) is 6.02. The highest BCUT2D eigenvalue weighted by molar-refractivity contribution is 7.92. The molecule has 0 aliphatic rings. The van der Waals surface area contributed by atoms with Gasteiger partial charge in [0.05, 0.1) is 6.26 Å². The summed E-state index contributed by atoms with van der Waals surface area (Å²) in [5.41, 5.74) is 3.80. The molecule has 0 amide bonds. The topological polar surface area (TPSA) is 46.2 Å². The number of sulfonamides is 1. The minimum Gasteiger partial charge on any atom is -0.284 e. The Morgan fingerprint density at radius 1 is 1.00 bits per heavy atom. The summed E-state index contributed by atoms with van der Waals surface area (Å²) in [6, 6.07) is 15.4. The second kappa shape index (κ2) is 4.82. The van der Waals surface area contributed by atoms with Crippen LogP contribution in [0.2, 0.25) is 0 Å². The van der Waals surface area contributed by atoms with Crippen molar-refractivity contribution in [1.82, 2.24) is 0 Å². The van der Waals surface area contributed by atoms with Gasteiger partial charge < -0.3 is 0 Å². The first-order chi connectivity index (χ1) is 8.46. The molecule has 2 aromatic carbocycles.